The van der Waals surface area contributed by atoms with E-state index in [0.717, 1.165) is 12.8 Å². The molecule has 0 atom stereocenters. The quantitative estimate of drug-likeness (QED) is 0.0532. The lowest BCUT2D eigenvalue weighted by molar-refractivity contribution is 0.406. The Morgan fingerprint density at radius 2 is 1.02 bits per heavy atom. The predicted octanol–water partition coefficient (Wildman–Crippen LogP) is 7.26. The fourth-order valence-corrected chi connectivity index (χ4v) is 6.74. The Hall–Kier alpha value is -4.64. The number of sulfonamides is 2. The van der Waals surface area contributed by atoms with Crippen LogP contribution in [0.5, 0.6) is 23.0 Å². The largest absolute Gasteiger partial charge is 0.503 e. The van der Waals surface area contributed by atoms with Crippen LogP contribution < -0.4 is 18.9 Å². The molecule has 4 aromatic rings. The van der Waals surface area contributed by atoms with Gasteiger partial charge in [0, 0.05) is 23.9 Å². The molecule has 4 rings (SSSR count). The third-order valence-corrected chi connectivity index (χ3v) is 10.1. The molecule has 0 spiro atoms. The van der Waals surface area contributed by atoms with Crippen LogP contribution in [0.4, 0.5) is 22.7 Å². The molecule has 0 fully saturated rings. The first-order valence-electron chi connectivity index (χ1n) is 15.1. The van der Waals surface area contributed by atoms with Crippen molar-refractivity contribution in [2.75, 3.05) is 27.3 Å². The van der Waals surface area contributed by atoms with E-state index in [1.54, 1.807) is 24.3 Å². The van der Waals surface area contributed by atoms with Gasteiger partial charge in [-0.1, -0.05) is 51.0 Å². The molecular formula is C32H38N6O8S2. The SMILES string of the molecule is CCCCNS(=O)(=O)c1ccc(OC)c(N=Nc2c(O)c(O)c(N=Nc3cc(S(=O)(=O)NCCCC)ccc3OC)c3ccccc23)c1. The molecule has 0 aliphatic rings. The Bertz CT molecular complexity index is 1910. The zero-order chi connectivity index (χ0) is 34.9. The van der Waals surface area contributed by atoms with Crippen molar-refractivity contribution in [3.63, 3.8) is 0 Å². The van der Waals surface area contributed by atoms with Gasteiger partial charge < -0.3 is 19.7 Å². The first-order chi connectivity index (χ1) is 23.0. The van der Waals surface area contributed by atoms with E-state index in [2.05, 4.69) is 29.9 Å². The number of fused-ring (bicyclic) bond motifs is 1. The summed E-state index contributed by atoms with van der Waals surface area (Å²) in [5.41, 5.74) is -0.119. The second-order valence-corrected chi connectivity index (χ2v) is 14.0. The molecule has 0 aliphatic heterocycles. The lowest BCUT2D eigenvalue weighted by Gasteiger charge is -2.11. The molecule has 0 aliphatic carbocycles. The highest BCUT2D eigenvalue weighted by atomic mass is 32.2. The number of hydrogen-bond donors (Lipinski definition) is 4. The van der Waals surface area contributed by atoms with Crippen molar-refractivity contribution in [2.45, 2.75) is 49.3 Å². The standard InChI is InChI=1S/C32H38N6O8S2/c1-5-7-17-33-47(41,42)21-13-15-27(45-3)25(19-21)35-37-29-23-11-9-10-12-24(23)30(32(40)31(29)39)38-36-26-20-22(14-16-28(26)46-4)48(43,44)34-18-8-6-2/h9-16,19-20,33-34,39-40H,5-8,17-18H2,1-4H3. The second kappa shape index (κ2) is 16.0. The summed E-state index contributed by atoms with van der Waals surface area (Å²) in [4.78, 5) is -0.102. The van der Waals surface area contributed by atoms with Crippen molar-refractivity contribution >= 4 is 53.6 Å². The average molecular weight is 699 g/mol. The number of nitrogens with one attached hydrogen (secondary N) is 2. The molecule has 0 aromatic heterocycles. The molecule has 0 amide bonds. The zero-order valence-electron chi connectivity index (χ0n) is 27.0. The van der Waals surface area contributed by atoms with Gasteiger partial charge >= 0.3 is 0 Å². The van der Waals surface area contributed by atoms with E-state index < -0.39 is 31.5 Å². The number of aromatic hydroxyl groups is 2. The average Bonchev–Trinajstić information content (AvgIpc) is 3.08. The molecule has 4 aromatic carbocycles. The maximum absolute atomic E-state index is 12.8. The van der Waals surface area contributed by atoms with Crippen LogP contribution in [0.1, 0.15) is 39.5 Å². The van der Waals surface area contributed by atoms with Gasteiger partial charge in [0.1, 0.15) is 34.2 Å². The number of ether oxygens (including phenoxy) is 2. The third kappa shape index (κ3) is 8.25. The lowest BCUT2D eigenvalue weighted by atomic mass is 10.1. The molecule has 0 radical (unpaired) electrons. The number of phenolic OH excluding ortho intramolecular Hbond substituents is 2. The molecule has 0 unspecified atom stereocenters. The van der Waals surface area contributed by atoms with Crippen LogP contribution in [0.3, 0.4) is 0 Å². The molecule has 4 N–H and O–H groups in total. The molecule has 48 heavy (non-hydrogen) atoms. The van der Waals surface area contributed by atoms with Crippen molar-refractivity contribution in [1.82, 2.24) is 9.44 Å². The number of unbranched alkanes of at least 4 members (excludes halogenated alkanes) is 2. The Balaban J connectivity index is 1.76. The first-order valence-corrected chi connectivity index (χ1v) is 18.1. The number of nitrogens with zero attached hydrogens (tertiary/aromatic N) is 4. The molecule has 16 heteroatoms. The van der Waals surface area contributed by atoms with E-state index >= 15 is 0 Å². The number of phenols is 2. The minimum atomic E-state index is -3.83. The fourth-order valence-electron chi connectivity index (χ4n) is 4.55. The van der Waals surface area contributed by atoms with Crippen molar-refractivity contribution in [2.24, 2.45) is 20.5 Å². The summed E-state index contributed by atoms with van der Waals surface area (Å²) in [7, 11) is -4.88. The number of azo groups is 2. The van der Waals surface area contributed by atoms with E-state index in [9.17, 15) is 27.0 Å². The summed E-state index contributed by atoms with van der Waals surface area (Å²) in [6.45, 7) is 4.45. The Morgan fingerprint density at radius 3 is 1.38 bits per heavy atom. The number of rotatable bonds is 16. The van der Waals surface area contributed by atoms with Gasteiger partial charge in [0.25, 0.3) is 0 Å². The van der Waals surface area contributed by atoms with Crippen molar-refractivity contribution < 1.29 is 36.5 Å². The van der Waals surface area contributed by atoms with Crippen LogP contribution in [0.2, 0.25) is 0 Å². The smallest absolute Gasteiger partial charge is 0.240 e. The summed E-state index contributed by atoms with van der Waals surface area (Å²) >= 11 is 0. The maximum Gasteiger partial charge on any atom is 0.240 e. The Kier molecular flexibility index (Phi) is 12.0. The van der Waals surface area contributed by atoms with Crippen LogP contribution >= 0.6 is 0 Å². The van der Waals surface area contributed by atoms with Gasteiger partial charge in [0.15, 0.2) is 11.5 Å². The van der Waals surface area contributed by atoms with E-state index in [0.29, 0.717) is 23.6 Å². The highest BCUT2D eigenvalue weighted by Gasteiger charge is 2.21. The maximum atomic E-state index is 12.8. The van der Waals surface area contributed by atoms with Crippen molar-refractivity contribution in [3.05, 3.63) is 60.7 Å². The van der Waals surface area contributed by atoms with Gasteiger partial charge in [0.2, 0.25) is 20.0 Å². The summed E-state index contributed by atoms with van der Waals surface area (Å²) in [5, 5.41) is 39.5. The minimum absolute atomic E-state index is 0.0509. The van der Waals surface area contributed by atoms with Crippen LogP contribution in [0, 0.1) is 0 Å². The summed E-state index contributed by atoms with van der Waals surface area (Å²) < 4.78 is 67.0. The molecule has 0 heterocycles. The number of benzene rings is 4. The summed E-state index contributed by atoms with van der Waals surface area (Å²) in [6.07, 6.45) is 2.98. The highest BCUT2D eigenvalue weighted by Crippen LogP contribution is 2.51. The second-order valence-electron chi connectivity index (χ2n) is 10.5. The van der Waals surface area contributed by atoms with Crippen molar-refractivity contribution in [1.29, 1.82) is 0 Å². The van der Waals surface area contributed by atoms with E-state index in [1.807, 2.05) is 13.8 Å². The van der Waals surface area contributed by atoms with Gasteiger partial charge in [0.05, 0.1) is 24.0 Å². The fraction of sp³-hybridized carbons (Fsp3) is 0.312. The molecule has 0 saturated carbocycles. The van der Waals surface area contributed by atoms with Gasteiger partial charge in [-0.05, 0) is 49.2 Å². The van der Waals surface area contributed by atoms with Gasteiger partial charge in [-0.2, -0.15) is 0 Å². The van der Waals surface area contributed by atoms with Crippen molar-refractivity contribution in [3.8, 4) is 23.0 Å². The topological polar surface area (TPSA) is 201 Å². The molecule has 14 nitrogen and oxygen atoms in total. The van der Waals surface area contributed by atoms with Crippen LogP contribution in [-0.2, 0) is 20.0 Å². The first kappa shape index (κ1) is 36.2. The zero-order valence-corrected chi connectivity index (χ0v) is 28.6. The van der Waals surface area contributed by atoms with Crippen LogP contribution in [0.25, 0.3) is 10.8 Å². The third-order valence-electron chi connectivity index (χ3n) is 7.19. The number of methoxy groups -OCH3 is 2. The predicted molar refractivity (Wildman–Crippen MR) is 182 cm³/mol. The molecular weight excluding hydrogens is 661 g/mol. The monoisotopic (exact) mass is 698 g/mol. The highest BCUT2D eigenvalue weighted by molar-refractivity contribution is 7.89. The Morgan fingerprint density at radius 1 is 0.625 bits per heavy atom. The number of hydrogen-bond acceptors (Lipinski definition) is 12. The molecule has 0 saturated heterocycles. The van der Waals surface area contributed by atoms with E-state index in [-0.39, 0.29) is 57.1 Å². The van der Waals surface area contributed by atoms with E-state index in [1.165, 1.54) is 50.6 Å². The molecule has 256 valence electrons. The Labute approximate surface area is 279 Å². The van der Waals surface area contributed by atoms with Gasteiger partial charge in [-0.25, -0.2) is 26.3 Å². The summed E-state index contributed by atoms with van der Waals surface area (Å²) in [6, 6.07) is 14.8. The summed E-state index contributed by atoms with van der Waals surface area (Å²) in [5.74, 6) is -0.885. The van der Waals surface area contributed by atoms with Crippen LogP contribution in [0.15, 0.2) is 90.9 Å². The molecule has 0 bridgehead atoms. The van der Waals surface area contributed by atoms with Crippen LogP contribution in [-0.4, -0.2) is 54.4 Å². The van der Waals surface area contributed by atoms with Gasteiger partial charge in [-0.15, -0.1) is 20.5 Å². The minimum Gasteiger partial charge on any atom is -0.503 e. The lowest BCUT2D eigenvalue weighted by Crippen LogP contribution is -2.24. The van der Waals surface area contributed by atoms with Gasteiger partial charge in [-0.3, -0.25) is 0 Å². The van der Waals surface area contributed by atoms with E-state index in [4.69, 9.17) is 9.47 Å². The normalized spacial score (nSPS) is 12.3.